The maximum absolute atomic E-state index is 5.67. The van der Waals surface area contributed by atoms with Crippen molar-refractivity contribution in [3.8, 4) is 16.2 Å². The standard InChI is InChI=1S/C11H12N2OS/c1-7-10(15-11(12)13-7)8-5-3-4-6-9(8)14-2/h3-6H,1-2H3,(H2,12,13). The summed E-state index contributed by atoms with van der Waals surface area (Å²) in [4.78, 5) is 5.28. The summed E-state index contributed by atoms with van der Waals surface area (Å²) in [7, 11) is 1.67. The molecular weight excluding hydrogens is 208 g/mol. The van der Waals surface area contributed by atoms with E-state index in [1.54, 1.807) is 7.11 Å². The summed E-state index contributed by atoms with van der Waals surface area (Å²) in [5, 5.41) is 0.591. The fourth-order valence-corrected chi connectivity index (χ4v) is 2.36. The van der Waals surface area contributed by atoms with E-state index < -0.39 is 0 Å². The third kappa shape index (κ3) is 1.80. The second-order valence-electron chi connectivity index (χ2n) is 3.17. The van der Waals surface area contributed by atoms with Crippen LogP contribution in [-0.4, -0.2) is 12.1 Å². The van der Waals surface area contributed by atoms with Crippen LogP contribution in [-0.2, 0) is 0 Å². The number of benzene rings is 1. The molecule has 0 bridgehead atoms. The number of anilines is 1. The highest BCUT2D eigenvalue weighted by molar-refractivity contribution is 7.18. The molecule has 4 heteroatoms. The van der Waals surface area contributed by atoms with Gasteiger partial charge in [-0.15, -0.1) is 0 Å². The number of ether oxygens (including phenoxy) is 1. The minimum Gasteiger partial charge on any atom is -0.496 e. The van der Waals surface area contributed by atoms with Crippen LogP contribution in [0.3, 0.4) is 0 Å². The molecule has 0 aliphatic heterocycles. The number of aromatic nitrogens is 1. The molecule has 0 saturated carbocycles. The monoisotopic (exact) mass is 220 g/mol. The molecule has 2 aromatic rings. The van der Waals surface area contributed by atoms with E-state index in [0.717, 1.165) is 21.9 Å². The molecule has 0 radical (unpaired) electrons. The zero-order valence-corrected chi connectivity index (χ0v) is 9.47. The second-order valence-corrected chi connectivity index (χ2v) is 4.20. The molecule has 0 spiro atoms. The first-order chi connectivity index (χ1) is 7.22. The van der Waals surface area contributed by atoms with Gasteiger partial charge < -0.3 is 10.5 Å². The average Bonchev–Trinajstić information content (AvgIpc) is 2.57. The molecule has 3 nitrogen and oxygen atoms in total. The number of hydrogen-bond donors (Lipinski definition) is 1. The molecule has 1 heterocycles. The van der Waals surface area contributed by atoms with Crippen LogP contribution >= 0.6 is 11.3 Å². The molecule has 0 atom stereocenters. The molecule has 78 valence electrons. The number of nitrogen functional groups attached to an aromatic ring is 1. The first kappa shape index (κ1) is 9.98. The minimum atomic E-state index is 0.591. The smallest absolute Gasteiger partial charge is 0.180 e. The van der Waals surface area contributed by atoms with Crippen molar-refractivity contribution >= 4 is 16.5 Å². The van der Waals surface area contributed by atoms with Crippen LogP contribution in [0, 0.1) is 6.92 Å². The molecule has 2 rings (SSSR count). The highest BCUT2D eigenvalue weighted by atomic mass is 32.1. The predicted octanol–water partition coefficient (Wildman–Crippen LogP) is 2.71. The SMILES string of the molecule is COc1ccccc1-c1sc(N)nc1C. The Kier molecular flexibility index (Phi) is 2.60. The lowest BCUT2D eigenvalue weighted by Crippen LogP contribution is -1.86. The van der Waals surface area contributed by atoms with Gasteiger partial charge in [0.1, 0.15) is 5.75 Å². The molecule has 1 aromatic heterocycles. The number of methoxy groups -OCH3 is 1. The van der Waals surface area contributed by atoms with Gasteiger partial charge in [0, 0.05) is 5.56 Å². The van der Waals surface area contributed by atoms with Crippen LogP contribution in [0.4, 0.5) is 5.13 Å². The summed E-state index contributed by atoms with van der Waals surface area (Å²) < 4.78 is 5.30. The summed E-state index contributed by atoms with van der Waals surface area (Å²) in [5.74, 6) is 0.851. The Morgan fingerprint density at radius 2 is 2.07 bits per heavy atom. The fraction of sp³-hybridized carbons (Fsp3) is 0.182. The number of rotatable bonds is 2. The lowest BCUT2D eigenvalue weighted by Gasteiger charge is -2.05. The van der Waals surface area contributed by atoms with E-state index in [0.29, 0.717) is 5.13 Å². The van der Waals surface area contributed by atoms with Gasteiger partial charge in [-0.25, -0.2) is 4.98 Å². The first-order valence-corrected chi connectivity index (χ1v) is 5.40. The van der Waals surface area contributed by atoms with E-state index >= 15 is 0 Å². The van der Waals surface area contributed by atoms with Gasteiger partial charge in [0.15, 0.2) is 5.13 Å². The Hall–Kier alpha value is -1.55. The number of nitrogens with two attached hydrogens (primary N) is 1. The van der Waals surface area contributed by atoms with Gasteiger partial charge in [0.2, 0.25) is 0 Å². The van der Waals surface area contributed by atoms with E-state index in [9.17, 15) is 0 Å². The second kappa shape index (κ2) is 3.90. The third-order valence-corrected chi connectivity index (χ3v) is 3.18. The maximum atomic E-state index is 5.67. The van der Waals surface area contributed by atoms with Gasteiger partial charge in [-0.3, -0.25) is 0 Å². The summed E-state index contributed by atoms with van der Waals surface area (Å²) in [5.41, 5.74) is 7.67. The molecule has 0 fully saturated rings. The molecule has 0 saturated heterocycles. The van der Waals surface area contributed by atoms with Crippen molar-refractivity contribution in [2.75, 3.05) is 12.8 Å². The Balaban J connectivity index is 2.58. The van der Waals surface area contributed by atoms with Gasteiger partial charge in [-0.1, -0.05) is 23.5 Å². The summed E-state index contributed by atoms with van der Waals surface area (Å²) in [6, 6.07) is 7.87. The van der Waals surface area contributed by atoms with Crippen LogP contribution in [0.5, 0.6) is 5.75 Å². The Morgan fingerprint density at radius 3 is 2.67 bits per heavy atom. The highest BCUT2D eigenvalue weighted by Gasteiger charge is 2.11. The maximum Gasteiger partial charge on any atom is 0.180 e. The molecule has 0 amide bonds. The normalized spacial score (nSPS) is 10.3. The van der Waals surface area contributed by atoms with Crippen LogP contribution < -0.4 is 10.5 Å². The number of para-hydroxylation sites is 1. The molecule has 0 unspecified atom stereocenters. The summed E-state index contributed by atoms with van der Waals surface area (Å²) >= 11 is 1.48. The molecule has 0 aliphatic rings. The van der Waals surface area contributed by atoms with E-state index in [2.05, 4.69) is 4.98 Å². The Morgan fingerprint density at radius 1 is 1.33 bits per heavy atom. The molecule has 15 heavy (non-hydrogen) atoms. The van der Waals surface area contributed by atoms with Gasteiger partial charge in [0.25, 0.3) is 0 Å². The Labute approximate surface area is 92.5 Å². The summed E-state index contributed by atoms with van der Waals surface area (Å²) in [6.07, 6.45) is 0. The molecular formula is C11H12N2OS. The van der Waals surface area contributed by atoms with Gasteiger partial charge in [-0.2, -0.15) is 0 Å². The van der Waals surface area contributed by atoms with Crippen molar-refractivity contribution in [3.63, 3.8) is 0 Å². The van der Waals surface area contributed by atoms with Crippen LogP contribution in [0.2, 0.25) is 0 Å². The van der Waals surface area contributed by atoms with Crippen LogP contribution in [0.15, 0.2) is 24.3 Å². The predicted molar refractivity (Wildman–Crippen MR) is 63.3 cm³/mol. The van der Waals surface area contributed by atoms with Crippen LogP contribution in [0.25, 0.3) is 10.4 Å². The van der Waals surface area contributed by atoms with Gasteiger partial charge in [-0.05, 0) is 19.1 Å². The quantitative estimate of drug-likeness (QED) is 0.846. The number of aryl methyl sites for hydroxylation is 1. The van der Waals surface area contributed by atoms with E-state index in [1.165, 1.54) is 11.3 Å². The molecule has 0 aliphatic carbocycles. The zero-order chi connectivity index (χ0) is 10.8. The number of nitrogens with zero attached hydrogens (tertiary/aromatic N) is 1. The number of hydrogen-bond acceptors (Lipinski definition) is 4. The van der Waals surface area contributed by atoms with Gasteiger partial charge >= 0.3 is 0 Å². The molecule has 2 N–H and O–H groups in total. The van der Waals surface area contributed by atoms with Gasteiger partial charge in [0.05, 0.1) is 17.7 Å². The summed E-state index contributed by atoms with van der Waals surface area (Å²) in [6.45, 7) is 1.95. The van der Waals surface area contributed by atoms with Crippen molar-refractivity contribution < 1.29 is 4.74 Å². The van der Waals surface area contributed by atoms with E-state index in [-0.39, 0.29) is 0 Å². The van der Waals surface area contributed by atoms with Crippen molar-refractivity contribution in [1.29, 1.82) is 0 Å². The fourth-order valence-electron chi connectivity index (χ4n) is 1.50. The highest BCUT2D eigenvalue weighted by Crippen LogP contribution is 2.36. The van der Waals surface area contributed by atoms with E-state index in [1.807, 2.05) is 31.2 Å². The topological polar surface area (TPSA) is 48.1 Å². The van der Waals surface area contributed by atoms with Crippen molar-refractivity contribution in [1.82, 2.24) is 4.98 Å². The largest absolute Gasteiger partial charge is 0.496 e. The van der Waals surface area contributed by atoms with Crippen LogP contribution in [0.1, 0.15) is 5.69 Å². The zero-order valence-electron chi connectivity index (χ0n) is 8.65. The van der Waals surface area contributed by atoms with Crippen molar-refractivity contribution in [2.24, 2.45) is 0 Å². The first-order valence-electron chi connectivity index (χ1n) is 4.58. The van der Waals surface area contributed by atoms with E-state index in [4.69, 9.17) is 10.5 Å². The molecule has 1 aromatic carbocycles. The average molecular weight is 220 g/mol. The van der Waals surface area contributed by atoms with Crippen molar-refractivity contribution in [3.05, 3.63) is 30.0 Å². The lowest BCUT2D eigenvalue weighted by molar-refractivity contribution is 0.416. The van der Waals surface area contributed by atoms with Crippen molar-refractivity contribution in [2.45, 2.75) is 6.92 Å². The lowest BCUT2D eigenvalue weighted by atomic mass is 10.1. The third-order valence-electron chi connectivity index (χ3n) is 2.16. The number of thiazole rings is 1. The Bertz CT molecular complexity index is 479. The minimum absolute atomic E-state index is 0.591.